The molecular formula is C17H13N3O4. The maximum absolute atomic E-state index is 12.5. The average molecular weight is 323 g/mol. The molecule has 0 radical (unpaired) electrons. The number of fused-ring (bicyclic) bond motifs is 1. The van der Waals surface area contributed by atoms with Crippen molar-refractivity contribution in [1.82, 2.24) is 4.98 Å². The van der Waals surface area contributed by atoms with E-state index in [9.17, 15) is 14.9 Å². The van der Waals surface area contributed by atoms with Crippen LogP contribution >= 0.6 is 0 Å². The fourth-order valence-corrected chi connectivity index (χ4v) is 2.23. The Labute approximate surface area is 137 Å². The zero-order chi connectivity index (χ0) is 16.9. The summed E-state index contributed by atoms with van der Waals surface area (Å²) in [5.74, 6) is -1.71. The first-order valence-corrected chi connectivity index (χ1v) is 7.23. The van der Waals surface area contributed by atoms with E-state index in [0.717, 1.165) is 0 Å². The zero-order valence-corrected chi connectivity index (χ0v) is 12.5. The summed E-state index contributed by atoms with van der Waals surface area (Å²) in [7, 11) is 0. The molecule has 0 unspecified atom stereocenters. The number of pyridine rings is 1. The Morgan fingerprint density at radius 2 is 1.96 bits per heavy atom. The normalized spacial score (nSPS) is 16.5. The molecule has 7 heteroatoms. The number of anilines is 1. The fourth-order valence-electron chi connectivity index (χ4n) is 2.23. The number of rotatable bonds is 4. The number of benzene rings is 1. The third-order valence-electron chi connectivity index (χ3n) is 3.42. The molecule has 0 aliphatic carbocycles. The van der Waals surface area contributed by atoms with E-state index in [1.807, 2.05) is 0 Å². The van der Waals surface area contributed by atoms with Gasteiger partial charge in [-0.3, -0.25) is 9.59 Å². The number of ketones is 1. The number of nitrogens with zero attached hydrogens (tertiary/aromatic N) is 2. The molecule has 1 amide bonds. The van der Waals surface area contributed by atoms with E-state index in [1.165, 1.54) is 6.20 Å². The number of hydrogen-bond donors (Lipinski definition) is 1. The summed E-state index contributed by atoms with van der Waals surface area (Å²) in [4.78, 5) is 28.6. The number of aromatic nitrogens is 1. The molecule has 0 spiro atoms. The van der Waals surface area contributed by atoms with E-state index in [1.54, 1.807) is 48.5 Å². The summed E-state index contributed by atoms with van der Waals surface area (Å²) >= 11 is 0. The van der Waals surface area contributed by atoms with Gasteiger partial charge in [0, 0.05) is 6.20 Å². The predicted molar refractivity (Wildman–Crippen MR) is 83.3 cm³/mol. The molecule has 1 N–H and O–H groups in total. The lowest BCUT2D eigenvalue weighted by Crippen LogP contribution is -2.43. The topological polar surface area (TPSA) is 101 Å². The van der Waals surface area contributed by atoms with Crippen LogP contribution in [0.15, 0.2) is 48.7 Å². The third-order valence-corrected chi connectivity index (χ3v) is 3.42. The smallest absolute Gasteiger partial charge is 0.250 e. The predicted octanol–water partition coefficient (Wildman–Crippen LogP) is 1.57. The van der Waals surface area contributed by atoms with Gasteiger partial charge < -0.3 is 14.8 Å². The molecule has 2 heterocycles. The van der Waals surface area contributed by atoms with Gasteiger partial charge in [0.25, 0.3) is 5.91 Å². The summed E-state index contributed by atoms with van der Waals surface area (Å²) in [5.41, 5.74) is 0. The minimum Gasteiger partial charge on any atom is -0.485 e. The zero-order valence-electron chi connectivity index (χ0n) is 12.5. The highest BCUT2D eigenvalue weighted by Gasteiger charge is 2.36. The van der Waals surface area contributed by atoms with Crippen molar-refractivity contribution in [1.29, 1.82) is 5.26 Å². The summed E-state index contributed by atoms with van der Waals surface area (Å²) < 4.78 is 11.0. The van der Waals surface area contributed by atoms with Crippen molar-refractivity contribution in [2.24, 2.45) is 5.92 Å². The van der Waals surface area contributed by atoms with E-state index in [-0.39, 0.29) is 12.4 Å². The number of carbonyl (C=O) groups is 2. The Morgan fingerprint density at radius 1 is 1.21 bits per heavy atom. The molecule has 0 fully saturated rings. The van der Waals surface area contributed by atoms with Gasteiger partial charge >= 0.3 is 0 Å². The molecule has 120 valence electrons. The van der Waals surface area contributed by atoms with Gasteiger partial charge in [0.1, 0.15) is 12.4 Å². The Hall–Kier alpha value is -3.40. The average Bonchev–Trinajstić information content (AvgIpc) is 2.62. The van der Waals surface area contributed by atoms with E-state index in [0.29, 0.717) is 11.5 Å². The molecule has 1 aromatic heterocycles. The van der Waals surface area contributed by atoms with Crippen molar-refractivity contribution in [3.05, 3.63) is 48.7 Å². The monoisotopic (exact) mass is 323 g/mol. The highest BCUT2D eigenvalue weighted by atomic mass is 16.6. The standard InChI is InChI=1S/C17H13N3O4/c18-9-11(17(22)20-15-7-3-4-8-19-15)16(21)14-10-23-12-5-1-2-6-13(12)24-14/h1-8,11,14H,10H2,(H,19,20,22)/t11-,14+/m0/s1. The number of hydrogen-bond acceptors (Lipinski definition) is 6. The summed E-state index contributed by atoms with van der Waals surface area (Å²) in [5, 5.41) is 11.7. The van der Waals surface area contributed by atoms with Crippen LogP contribution in [0.3, 0.4) is 0 Å². The number of carbonyl (C=O) groups excluding carboxylic acids is 2. The molecule has 2 aromatic rings. The second kappa shape index (κ2) is 6.79. The Balaban J connectivity index is 1.71. The molecule has 1 aromatic carbocycles. The van der Waals surface area contributed by atoms with Gasteiger partial charge in [-0.1, -0.05) is 18.2 Å². The van der Waals surface area contributed by atoms with Crippen LogP contribution in [-0.2, 0) is 9.59 Å². The van der Waals surface area contributed by atoms with Crippen LogP contribution in [0.2, 0.25) is 0 Å². The van der Waals surface area contributed by atoms with Crippen molar-refractivity contribution in [2.45, 2.75) is 6.10 Å². The third kappa shape index (κ3) is 3.17. The molecule has 3 rings (SSSR count). The summed E-state index contributed by atoms with van der Waals surface area (Å²) in [6, 6.07) is 13.5. The first kappa shape index (κ1) is 15.5. The van der Waals surface area contributed by atoms with Crippen LogP contribution in [0.4, 0.5) is 5.82 Å². The van der Waals surface area contributed by atoms with Crippen molar-refractivity contribution >= 4 is 17.5 Å². The second-order valence-corrected chi connectivity index (χ2v) is 5.03. The molecule has 1 aliphatic heterocycles. The highest BCUT2D eigenvalue weighted by molar-refractivity contribution is 6.10. The maximum atomic E-state index is 12.5. The molecule has 2 atom stereocenters. The first-order chi connectivity index (χ1) is 11.7. The molecule has 24 heavy (non-hydrogen) atoms. The van der Waals surface area contributed by atoms with E-state index >= 15 is 0 Å². The van der Waals surface area contributed by atoms with Gasteiger partial charge in [-0.2, -0.15) is 5.26 Å². The van der Waals surface area contributed by atoms with Gasteiger partial charge in [0.05, 0.1) is 6.07 Å². The van der Waals surface area contributed by atoms with Gasteiger partial charge in [-0.15, -0.1) is 0 Å². The molecular weight excluding hydrogens is 310 g/mol. The van der Waals surface area contributed by atoms with Crippen molar-refractivity contribution < 1.29 is 19.1 Å². The molecule has 0 saturated heterocycles. The molecule has 0 saturated carbocycles. The molecule has 0 bridgehead atoms. The number of nitriles is 1. The minimum atomic E-state index is -1.51. The van der Waals surface area contributed by atoms with E-state index in [4.69, 9.17) is 9.47 Å². The summed E-state index contributed by atoms with van der Waals surface area (Å²) in [6.07, 6.45) is 0.479. The lowest BCUT2D eigenvalue weighted by molar-refractivity contribution is -0.135. The number of ether oxygens (including phenoxy) is 2. The van der Waals surface area contributed by atoms with Crippen LogP contribution in [0.5, 0.6) is 11.5 Å². The largest absolute Gasteiger partial charge is 0.485 e. The van der Waals surface area contributed by atoms with Gasteiger partial charge in [0.15, 0.2) is 23.5 Å². The van der Waals surface area contributed by atoms with E-state index < -0.39 is 23.7 Å². The maximum Gasteiger partial charge on any atom is 0.250 e. The Bertz CT molecular complexity index is 801. The van der Waals surface area contributed by atoms with Gasteiger partial charge in [0.2, 0.25) is 5.78 Å². The lowest BCUT2D eigenvalue weighted by atomic mass is 10.00. The number of nitrogens with one attached hydrogen (secondary N) is 1. The van der Waals surface area contributed by atoms with Crippen LogP contribution < -0.4 is 14.8 Å². The molecule has 1 aliphatic rings. The molecule has 7 nitrogen and oxygen atoms in total. The number of amides is 1. The SMILES string of the molecule is N#C[C@H](C(=O)Nc1ccccn1)C(=O)[C@H]1COc2ccccc2O1. The van der Waals surface area contributed by atoms with Crippen LogP contribution in [0.1, 0.15) is 0 Å². The van der Waals surface area contributed by atoms with Gasteiger partial charge in [-0.05, 0) is 24.3 Å². The fraction of sp³-hybridized carbons (Fsp3) is 0.176. The second-order valence-electron chi connectivity index (χ2n) is 5.03. The quantitative estimate of drug-likeness (QED) is 0.857. The minimum absolute atomic E-state index is 0.0507. The van der Waals surface area contributed by atoms with Crippen molar-refractivity contribution in [3.63, 3.8) is 0 Å². The number of para-hydroxylation sites is 2. The van der Waals surface area contributed by atoms with E-state index in [2.05, 4.69) is 10.3 Å². The van der Waals surface area contributed by atoms with Gasteiger partial charge in [-0.25, -0.2) is 4.98 Å². The van der Waals surface area contributed by atoms with Crippen LogP contribution in [0.25, 0.3) is 0 Å². The first-order valence-electron chi connectivity index (χ1n) is 7.23. The summed E-state index contributed by atoms with van der Waals surface area (Å²) in [6.45, 7) is -0.0507. The van der Waals surface area contributed by atoms with Crippen molar-refractivity contribution in [3.8, 4) is 17.6 Å². The van der Waals surface area contributed by atoms with Crippen LogP contribution in [0, 0.1) is 17.2 Å². The van der Waals surface area contributed by atoms with Crippen molar-refractivity contribution in [2.75, 3.05) is 11.9 Å². The Kier molecular flexibility index (Phi) is 4.38. The lowest BCUT2D eigenvalue weighted by Gasteiger charge is -2.26. The van der Waals surface area contributed by atoms with Crippen LogP contribution in [-0.4, -0.2) is 29.4 Å². The Morgan fingerprint density at radius 3 is 2.67 bits per heavy atom. The highest BCUT2D eigenvalue weighted by Crippen LogP contribution is 2.31. The number of Topliss-reactive ketones (excluding diaryl/α,β-unsaturated/α-hetero) is 1.